The number of hydrogen-bond donors (Lipinski definition) is 1. The van der Waals surface area contributed by atoms with Gasteiger partial charge in [-0.3, -0.25) is 9.88 Å². The third kappa shape index (κ3) is 4.59. The number of rotatable bonds is 7. The minimum absolute atomic E-state index is 0.165. The summed E-state index contributed by atoms with van der Waals surface area (Å²) >= 11 is 0. The van der Waals surface area contributed by atoms with E-state index >= 15 is 0 Å². The number of phenols is 1. The Hall–Kier alpha value is -2.94. The Morgan fingerprint density at radius 1 is 1.30 bits per heavy atom. The molecule has 8 heteroatoms. The molecular formula is C25H32N4O4. The Labute approximate surface area is 194 Å². The number of aromatic hydroxyl groups is 1. The van der Waals surface area contributed by atoms with Gasteiger partial charge in [0.15, 0.2) is 0 Å². The van der Waals surface area contributed by atoms with Gasteiger partial charge in [0, 0.05) is 73.4 Å². The normalized spacial score (nSPS) is 14.8. The molecule has 1 aromatic carbocycles. The van der Waals surface area contributed by atoms with E-state index < -0.39 is 0 Å². The lowest BCUT2D eigenvalue weighted by molar-refractivity contribution is 0.0328. The van der Waals surface area contributed by atoms with Gasteiger partial charge in [-0.2, -0.15) is 0 Å². The van der Waals surface area contributed by atoms with E-state index in [2.05, 4.69) is 14.5 Å². The van der Waals surface area contributed by atoms with Crippen molar-refractivity contribution in [3.8, 4) is 16.9 Å². The molecule has 1 N–H and O–H groups in total. The smallest absolute Gasteiger partial charge is 0.340 e. The van der Waals surface area contributed by atoms with Crippen molar-refractivity contribution < 1.29 is 19.4 Å². The molecule has 0 spiro atoms. The maximum Gasteiger partial charge on any atom is 0.340 e. The molecule has 3 aromatic rings. The van der Waals surface area contributed by atoms with Gasteiger partial charge in [-0.25, -0.2) is 4.79 Å². The number of carbonyl (C=O) groups excluding carboxylic acids is 1. The first kappa shape index (κ1) is 23.2. The fourth-order valence-corrected chi connectivity index (χ4v) is 4.51. The number of carbonyl (C=O) groups is 1. The molecule has 0 saturated carbocycles. The van der Waals surface area contributed by atoms with Crippen LogP contribution < -0.4 is 0 Å². The summed E-state index contributed by atoms with van der Waals surface area (Å²) in [7, 11) is 5.87. The first-order valence-electron chi connectivity index (χ1n) is 11.3. The maximum atomic E-state index is 13.3. The summed E-state index contributed by atoms with van der Waals surface area (Å²) in [5, 5.41) is 12.2. The van der Waals surface area contributed by atoms with E-state index in [-0.39, 0.29) is 18.3 Å². The summed E-state index contributed by atoms with van der Waals surface area (Å²) < 4.78 is 13.1. The average molecular weight is 453 g/mol. The van der Waals surface area contributed by atoms with Crippen molar-refractivity contribution >= 4 is 16.9 Å². The predicted octanol–water partition coefficient (Wildman–Crippen LogP) is 3.02. The van der Waals surface area contributed by atoms with Crippen molar-refractivity contribution in [2.45, 2.75) is 20.0 Å². The summed E-state index contributed by atoms with van der Waals surface area (Å²) in [6.07, 6.45) is 3.45. The molecule has 0 atom stereocenters. The molecule has 0 amide bonds. The molecule has 1 saturated heterocycles. The lowest BCUT2D eigenvalue weighted by Gasteiger charge is -2.27. The highest BCUT2D eigenvalue weighted by Crippen LogP contribution is 2.41. The number of nitrogens with zero attached hydrogens (tertiary/aromatic N) is 4. The van der Waals surface area contributed by atoms with Crippen LogP contribution in [0, 0.1) is 0 Å². The second kappa shape index (κ2) is 9.91. The SMILES string of the molecule is CCOC(=O)c1c(CN2CCOCC2)n(C)c2cc(-c3cccnc3)c(O)c(CN(C)C)c12. The molecule has 1 aliphatic rings. The summed E-state index contributed by atoms with van der Waals surface area (Å²) in [4.78, 5) is 21.8. The van der Waals surface area contributed by atoms with E-state index in [1.807, 2.05) is 51.2 Å². The number of aromatic nitrogens is 2. The highest BCUT2D eigenvalue weighted by Gasteiger charge is 2.29. The number of benzene rings is 1. The number of fused-ring (bicyclic) bond motifs is 1. The van der Waals surface area contributed by atoms with Crippen molar-refractivity contribution in [1.29, 1.82) is 0 Å². The molecule has 0 radical (unpaired) electrons. The molecule has 0 bridgehead atoms. The number of morpholine rings is 1. The number of pyridine rings is 1. The van der Waals surface area contributed by atoms with Crippen molar-refractivity contribution in [3.05, 3.63) is 47.4 Å². The molecule has 1 aliphatic heterocycles. The second-order valence-corrected chi connectivity index (χ2v) is 8.61. The van der Waals surface area contributed by atoms with Gasteiger partial charge in [-0.15, -0.1) is 0 Å². The Morgan fingerprint density at radius 2 is 2.06 bits per heavy atom. The van der Waals surface area contributed by atoms with Gasteiger partial charge in [0.2, 0.25) is 0 Å². The zero-order chi connectivity index (χ0) is 23.5. The minimum Gasteiger partial charge on any atom is -0.507 e. The van der Waals surface area contributed by atoms with Crippen LogP contribution in [0.25, 0.3) is 22.0 Å². The quantitative estimate of drug-likeness (QED) is 0.552. The van der Waals surface area contributed by atoms with E-state index in [9.17, 15) is 9.90 Å². The van der Waals surface area contributed by atoms with Gasteiger partial charge < -0.3 is 24.0 Å². The van der Waals surface area contributed by atoms with Crippen LogP contribution in [0.5, 0.6) is 5.75 Å². The summed E-state index contributed by atoms with van der Waals surface area (Å²) in [6, 6.07) is 5.73. The highest BCUT2D eigenvalue weighted by atomic mass is 16.5. The second-order valence-electron chi connectivity index (χ2n) is 8.61. The number of ether oxygens (including phenoxy) is 2. The van der Waals surface area contributed by atoms with Crippen LogP contribution in [0.2, 0.25) is 0 Å². The van der Waals surface area contributed by atoms with Crippen LogP contribution in [0.4, 0.5) is 0 Å². The van der Waals surface area contributed by atoms with Crippen LogP contribution >= 0.6 is 0 Å². The summed E-state index contributed by atoms with van der Waals surface area (Å²) in [5.74, 6) is -0.196. The zero-order valence-corrected chi connectivity index (χ0v) is 19.8. The number of esters is 1. The van der Waals surface area contributed by atoms with E-state index in [1.165, 1.54) is 0 Å². The fraction of sp³-hybridized carbons (Fsp3) is 0.440. The number of aryl methyl sites for hydroxylation is 1. The van der Waals surface area contributed by atoms with Crippen molar-refractivity contribution in [2.75, 3.05) is 47.0 Å². The molecule has 4 rings (SSSR count). The molecular weight excluding hydrogens is 420 g/mol. The molecule has 176 valence electrons. The monoisotopic (exact) mass is 452 g/mol. The standard InChI is InChI=1S/C25H32N4O4/c1-5-33-25(31)23-21(16-29-9-11-32-12-10-29)28(4)20-13-18(17-7-6-8-26-14-17)24(30)19(22(20)23)15-27(2)3/h6-8,13-14,30H,5,9-12,15-16H2,1-4H3. The van der Waals surface area contributed by atoms with Crippen LogP contribution in [-0.4, -0.2) is 77.4 Å². The fourth-order valence-electron chi connectivity index (χ4n) is 4.51. The lowest BCUT2D eigenvalue weighted by atomic mass is 9.96. The van der Waals surface area contributed by atoms with E-state index in [0.29, 0.717) is 43.0 Å². The van der Waals surface area contributed by atoms with E-state index in [4.69, 9.17) is 9.47 Å². The van der Waals surface area contributed by atoms with Gasteiger partial charge in [0.25, 0.3) is 0 Å². The first-order valence-corrected chi connectivity index (χ1v) is 11.3. The molecule has 0 unspecified atom stereocenters. The molecule has 2 aromatic heterocycles. The van der Waals surface area contributed by atoms with E-state index in [0.717, 1.165) is 35.2 Å². The Balaban J connectivity index is 1.99. The minimum atomic E-state index is -0.361. The zero-order valence-electron chi connectivity index (χ0n) is 19.8. The van der Waals surface area contributed by atoms with Crippen LogP contribution in [-0.2, 0) is 29.6 Å². The Morgan fingerprint density at radius 3 is 2.70 bits per heavy atom. The molecule has 33 heavy (non-hydrogen) atoms. The van der Waals surface area contributed by atoms with Crippen LogP contribution in [0.15, 0.2) is 30.6 Å². The highest BCUT2D eigenvalue weighted by molar-refractivity contribution is 6.09. The van der Waals surface area contributed by atoms with Gasteiger partial charge in [-0.05, 0) is 33.2 Å². The molecule has 1 fully saturated rings. The van der Waals surface area contributed by atoms with Crippen LogP contribution in [0.3, 0.4) is 0 Å². The Bertz CT molecular complexity index is 1130. The largest absolute Gasteiger partial charge is 0.507 e. The molecule has 8 nitrogen and oxygen atoms in total. The van der Waals surface area contributed by atoms with Gasteiger partial charge in [0.05, 0.1) is 30.9 Å². The van der Waals surface area contributed by atoms with Crippen molar-refractivity contribution in [1.82, 2.24) is 19.4 Å². The van der Waals surface area contributed by atoms with Crippen LogP contribution in [0.1, 0.15) is 28.5 Å². The average Bonchev–Trinajstić information content (AvgIpc) is 3.08. The van der Waals surface area contributed by atoms with Gasteiger partial charge >= 0.3 is 5.97 Å². The lowest BCUT2D eigenvalue weighted by Crippen LogP contribution is -2.36. The number of phenolic OH excluding ortho intramolecular Hbond substituents is 1. The Kier molecular flexibility index (Phi) is 6.97. The van der Waals surface area contributed by atoms with Crippen molar-refractivity contribution in [2.24, 2.45) is 7.05 Å². The summed E-state index contributed by atoms with van der Waals surface area (Å²) in [6.45, 7) is 6.14. The third-order valence-electron chi connectivity index (χ3n) is 6.09. The van der Waals surface area contributed by atoms with E-state index in [1.54, 1.807) is 12.4 Å². The maximum absolute atomic E-state index is 13.3. The third-order valence-corrected chi connectivity index (χ3v) is 6.09. The molecule has 0 aliphatic carbocycles. The predicted molar refractivity (Wildman–Crippen MR) is 127 cm³/mol. The van der Waals surface area contributed by atoms with Crippen molar-refractivity contribution in [3.63, 3.8) is 0 Å². The molecule has 3 heterocycles. The first-order chi connectivity index (χ1) is 15.9. The number of hydrogen-bond acceptors (Lipinski definition) is 7. The topological polar surface area (TPSA) is 80.1 Å². The van der Waals surface area contributed by atoms with Gasteiger partial charge in [-0.1, -0.05) is 6.07 Å². The van der Waals surface area contributed by atoms with Gasteiger partial charge in [0.1, 0.15) is 5.75 Å². The summed E-state index contributed by atoms with van der Waals surface area (Å²) in [5.41, 5.74) is 4.53.